The van der Waals surface area contributed by atoms with Crippen molar-refractivity contribution in [3.63, 3.8) is 0 Å². The minimum atomic E-state index is -0.301. The third-order valence-corrected chi connectivity index (χ3v) is 4.32. The van der Waals surface area contributed by atoms with Crippen molar-refractivity contribution < 1.29 is 9.53 Å². The number of rotatable bonds is 3. The molecule has 2 aliphatic heterocycles. The zero-order valence-corrected chi connectivity index (χ0v) is 11.5. The van der Waals surface area contributed by atoms with E-state index < -0.39 is 0 Å². The molecule has 0 spiro atoms. The molecule has 0 amide bonds. The molecule has 2 atom stereocenters. The normalized spacial score (nSPS) is 30.2. The molecule has 0 bridgehead atoms. The van der Waals surface area contributed by atoms with Crippen molar-refractivity contribution in [1.29, 1.82) is 0 Å². The summed E-state index contributed by atoms with van der Waals surface area (Å²) in [7, 11) is 0. The topological polar surface area (TPSA) is 29.5 Å². The van der Waals surface area contributed by atoms with E-state index in [9.17, 15) is 4.79 Å². The Hall–Kier alpha value is -1.35. The first-order valence-electron chi connectivity index (χ1n) is 7.09. The van der Waals surface area contributed by atoms with E-state index in [0.717, 1.165) is 32.2 Å². The first-order chi connectivity index (χ1) is 9.22. The number of nitrogens with zero attached hydrogens (tertiary/aromatic N) is 1. The van der Waals surface area contributed by atoms with E-state index in [1.807, 2.05) is 0 Å². The van der Waals surface area contributed by atoms with Gasteiger partial charge >= 0.3 is 0 Å². The standard InChI is InChI=1S/C16H21NO2/c1-13-8-14-4-2-3-5-15(14)17(9-13)10-16(11-18)6-7-19-12-16/h2-5,11,13H,6-10,12H2,1H3. The Morgan fingerprint density at radius 3 is 3.05 bits per heavy atom. The molecule has 1 fully saturated rings. The fraction of sp³-hybridized carbons (Fsp3) is 0.562. The lowest BCUT2D eigenvalue weighted by molar-refractivity contribution is -0.115. The summed E-state index contributed by atoms with van der Waals surface area (Å²) >= 11 is 0. The lowest BCUT2D eigenvalue weighted by Crippen LogP contribution is -2.44. The molecule has 2 unspecified atom stereocenters. The van der Waals surface area contributed by atoms with Gasteiger partial charge in [0.25, 0.3) is 0 Å². The smallest absolute Gasteiger partial charge is 0.130 e. The molecule has 0 N–H and O–H groups in total. The second-order valence-corrected chi connectivity index (χ2v) is 6.10. The quantitative estimate of drug-likeness (QED) is 0.780. The Kier molecular flexibility index (Phi) is 3.31. The largest absolute Gasteiger partial charge is 0.380 e. The second-order valence-electron chi connectivity index (χ2n) is 6.10. The van der Waals surface area contributed by atoms with Crippen LogP contribution in [0.3, 0.4) is 0 Å². The molecule has 0 saturated carbocycles. The van der Waals surface area contributed by atoms with Gasteiger partial charge in [0.1, 0.15) is 6.29 Å². The van der Waals surface area contributed by atoms with Gasteiger partial charge in [-0.1, -0.05) is 25.1 Å². The highest BCUT2D eigenvalue weighted by Crippen LogP contribution is 2.34. The van der Waals surface area contributed by atoms with Crippen LogP contribution in [0.25, 0.3) is 0 Å². The van der Waals surface area contributed by atoms with Gasteiger partial charge in [0.15, 0.2) is 0 Å². The molecule has 102 valence electrons. The monoisotopic (exact) mass is 259 g/mol. The van der Waals surface area contributed by atoms with Gasteiger partial charge < -0.3 is 14.4 Å². The zero-order chi connectivity index (χ0) is 13.3. The molecule has 3 heteroatoms. The maximum Gasteiger partial charge on any atom is 0.130 e. The van der Waals surface area contributed by atoms with Crippen LogP contribution in [0, 0.1) is 11.3 Å². The Morgan fingerprint density at radius 2 is 2.32 bits per heavy atom. The molecule has 3 rings (SSSR count). The lowest BCUT2D eigenvalue weighted by Gasteiger charge is -2.38. The molecule has 0 aromatic heterocycles. The van der Waals surface area contributed by atoms with E-state index in [2.05, 4.69) is 36.1 Å². The van der Waals surface area contributed by atoms with Gasteiger partial charge in [0.2, 0.25) is 0 Å². The second kappa shape index (κ2) is 4.97. The van der Waals surface area contributed by atoms with Crippen LogP contribution in [0.4, 0.5) is 5.69 Å². The van der Waals surface area contributed by atoms with Crippen molar-refractivity contribution in [2.75, 3.05) is 31.2 Å². The fourth-order valence-electron chi connectivity index (χ4n) is 3.31. The van der Waals surface area contributed by atoms with Crippen molar-refractivity contribution >= 4 is 12.0 Å². The van der Waals surface area contributed by atoms with Crippen LogP contribution in [0.15, 0.2) is 24.3 Å². The molecular formula is C16H21NO2. The molecule has 19 heavy (non-hydrogen) atoms. The van der Waals surface area contributed by atoms with Gasteiger partial charge in [-0.25, -0.2) is 0 Å². The molecule has 2 aliphatic rings. The van der Waals surface area contributed by atoms with Crippen LogP contribution in [0.2, 0.25) is 0 Å². The van der Waals surface area contributed by atoms with Crippen molar-refractivity contribution in [3.05, 3.63) is 29.8 Å². The number of fused-ring (bicyclic) bond motifs is 1. The fourth-order valence-corrected chi connectivity index (χ4v) is 3.31. The SMILES string of the molecule is CC1Cc2ccccc2N(CC2(C=O)CCOC2)C1. The van der Waals surface area contributed by atoms with Crippen LogP contribution in [-0.2, 0) is 16.0 Å². The Balaban J connectivity index is 1.86. The summed E-state index contributed by atoms with van der Waals surface area (Å²) in [6.07, 6.45) is 3.10. The number of aldehydes is 1. The van der Waals surface area contributed by atoms with Crippen LogP contribution >= 0.6 is 0 Å². The number of para-hydroxylation sites is 1. The summed E-state index contributed by atoms with van der Waals surface area (Å²) in [6, 6.07) is 8.57. The van der Waals surface area contributed by atoms with E-state index in [0.29, 0.717) is 19.1 Å². The maximum atomic E-state index is 11.5. The van der Waals surface area contributed by atoms with Crippen LogP contribution in [-0.4, -0.2) is 32.6 Å². The third kappa shape index (κ3) is 2.39. The molecule has 1 saturated heterocycles. The van der Waals surface area contributed by atoms with E-state index in [1.165, 1.54) is 11.3 Å². The summed E-state index contributed by atoms with van der Waals surface area (Å²) in [5, 5.41) is 0. The van der Waals surface area contributed by atoms with Gasteiger partial charge in [-0.3, -0.25) is 0 Å². The maximum absolute atomic E-state index is 11.5. The van der Waals surface area contributed by atoms with Crippen molar-refractivity contribution in [2.45, 2.75) is 19.8 Å². The molecule has 3 nitrogen and oxygen atoms in total. The molecule has 1 aromatic carbocycles. The summed E-state index contributed by atoms with van der Waals surface area (Å²) in [5.41, 5.74) is 2.40. The first-order valence-corrected chi connectivity index (χ1v) is 7.09. The van der Waals surface area contributed by atoms with E-state index >= 15 is 0 Å². The highest BCUT2D eigenvalue weighted by Gasteiger charge is 2.38. The Bertz CT molecular complexity index is 466. The Labute approximate surface area is 114 Å². The molecular weight excluding hydrogens is 238 g/mol. The van der Waals surface area contributed by atoms with Crippen LogP contribution < -0.4 is 4.90 Å². The van der Waals surface area contributed by atoms with Gasteiger partial charge in [0, 0.05) is 25.4 Å². The summed E-state index contributed by atoms with van der Waals surface area (Å²) in [4.78, 5) is 13.9. The highest BCUT2D eigenvalue weighted by molar-refractivity contribution is 5.64. The van der Waals surface area contributed by atoms with Crippen molar-refractivity contribution in [2.24, 2.45) is 11.3 Å². The lowest BCUT2D eigenvalue weighted by atomic mass is 9.86. The summed E-state index contributed by atoms with van der Waals surface area (Å²) in [5.74, 6) is 0.640. The van der Waals surface area contributed by atoms with E-state index in [-0.39, 0.29) is 5.41 Å². The van der Waals surface area contributed by atoms with Crippen LogP contribution in [0.5, 0.6) is 0 Å². The van der Waals surface area contributed by atoms with Gasteiger partial charge in [0.05, 0.1) is 12.0 Å². The van der Waals surface area contributed by atoms with Crippen LogP contribution in [0.1, 0.15) is 18.9 Å². The predicted molar refractivity (Wildman–Crippen MR) is 75.5 cm³/mol. The summed E-state index contributed by atoms with van der Waals surface area (Å²) < 4.78 is 5.45. The molecule has 1 aromatic rings. The van der Waals surface area contributed by atoms with Gasteiger partial charge in [-0.05, 0) is 30.4 Å². The minimum absolute atomic E-state index is 0.301. The van der Waals surface area contributed by atoms with Crippen molar-refractivity contribution in [3.8, 4) is 0 Å². The van der Waals surface area contributed by atoms with E-state index in [1.54, 1.807) is 0 Å². The van der Waals surface area contributed by atoms with Crippen molar-refractivity contribution in [1.82, 2.24) is 0 Å². The third-order valence-electron chi connectivity index (χ3n) is 4.32. The van der Waals surface area contributed by atoms with Gasteiger partial charge in [-0.15, -0.1) is 0 Å². The molecule has 2 heterocycles. The average molecular weight is 259 g/mol. The molecule has 0 radical (unpaired) electrons. The summed E-state index contributed by atoms with van der Waals surface area (Å²) in [6.45, 7) is 5.39. The predicted octanol–water partition coefficient (Wildman–Crippen LogP) is 2.29. The number of hydrogen-bond donors (Lipinski definition) is 0. The molecule has 0 aliphatic carbocycles. The zero-order valence-electron chi connectivity index (χ0n) is 11.5. The highest BCUT2D eigenvalue weighted by atomic mass is 16.5. The number of anilines is 1. The Morgan fingerprint density at radius 1 is 1.47 bits per heavy atom. The van der Waals surface area contributed by atoms with E-state index in [4.69, 9.17) is 4.74 Å². The number of hydrogen-bond acceptors (Lipinski definition) is 3. The minimum Gasteiger partial charge on any atom is -0.380 e. The first kappa shape index (κ1) is 12.7. The number of ether oxygens (including phenoxy) is 1. The number of benzene rings is 1. The van der Waals surface area contributed by atoms with Gasteiger partial charge in [-0.2, -0.15) is 0 Å². The number of carbonyl (C=O) groups is 1. The number of carbonyl (C=O) groups excluding carboxylic acids is 1. The average Bonchev–Trinajstić information content (AvgIpc) is 2.88.